The summed E-state index contributed by atoms with van der Waals surface area (Å²) in [6.07, 6.45) is 3.95. The minimum atomic E-state index is -0.252. The van der Waals surface area contributed by atoms with Crippen molar-refractivity contribution in [3.63, 3.8) is 0 Å². The first kappa shape index (κ1) is 10.7. The van der Waals surface area contributed by atoms with Crippen molar-refractivity contribution in [2.75, 3.05) is 6.54 Å². The fraction of sp³-hybridized carbons (Fsp3) is 0.167. The SMILES string of the molecule is NCCc1cncnc1-c1ccc(F)cc1. The van der Waals surface area contributed by atoms with Gasteiger partial charge in [0.1, 0.15) is 12.1 Å². The molecular weight excluding hydrogens is 205 g/mol. The van der Waals surface area contributed by atoms with Crippen molar-refractivity contribution in [2.24, 2.45) is 5.73 Å². The van der Waals surface area contributed by atoms with E-state index in [9.17, 15) is 4.39 Å². The zero-order valence-electron chi connectivity index (χ0n) is 8.73. The number of aromatic nitrogens is 2. The molecule has 0 unspecified atom stereocenters. The lowest BCUT2D eigenvalue weighted by molar-refractivity contribution is 0.628. The van der Waals surface area contributed by atoms with Gasteiger partial charge in [0.05, 0.1) is 5.69 Å². The summed E-state index contributed by atoms with van der Waals surface area (Å²) in [6, 6.07) is 6.25. The Kier molecular flexibility index (Phi) is 3.22. The van der Waals surface area contributed by atoms with Crippen LogP contribution in [0.3, 0.4) is 0 Å². The Hall–Kier alpha value is -1.81. The highest BCUT2D eigenvalue weighted by atomic mass is 19.1. The molecule has 2 N–H and O–H groups in total. The Labute approximate surface area is 93.2 Å². The van der Waals surface area contributed by atoms with Crippen LogP contribution in [-0.2, 0) is 6.42 Å². The third kappa shape index (κ3) is 2.23. The summed E-state index contributed by atoms with van der Waals surface area (Å²) in [5.74, 6) is -0.252. The van der Waals surface area contributed by atoms with Gasteiger partial charge < -0.3 is 5.73 Å². The molecule has 0 atom stereocenters. The lowest BCUT2D eigenvalue weighted by Crippen LogP contribution is -2.05. The summed E-state index contributed by atoms with van der Waals surface area (Å²) in [5, 5.41) is 0. The molecule has 2 aromatic rings. The highest BCUT2D eigenvalue weighted by molar-refractivity contribution is 5.62. The minimum absolute atomic E-state index is 0.252. The van der Waals surface area contributed by atoms with Crippen molar-refractivity contribution in [1.29, 1.82) is 0 Å². The fourth-order valence-corrected chi connectivity index (χ4v) is 1.56. The summed E-state index contributed by atoms with van der Waals surface area (Å²) in [4.78, 5) is 8.17. The molecule has 0 aliphatic heterocycles. The minimum Gasteiger partial charge on any atom is -0.330 e. The summed E-state index contributed by atoms with van der Waals surface area (Å²) >= 11 is 0. The number of benzene rings is 1. The van der Waals surface area contributed by atoms with Crippen LogP contribution < -0.4 is 5.73 Å². The van der Waals surface area contributed by atoms with Gasteiger partial charge in [-0.2, -0.15) is 0 Å². The maximum Gasteiger partial charge on any atom is 0.123 e. The van der Waals surface area contributed by atoms with E-state index in [1.165, 1.54) is 18.5 Å². The van der Waals surface area contributed by atoms with E-state index < -0.39 is 0 Å². The molecule has 0 spiro atoms. The van der Waals surface area contributed by atoms with Gasteiger partial charge in [0.25, 0.3) is 0 Å². The first-order valence-electron chi connectivity index (χ1n) is 5.06. The Bertz CT molecular complexity index is 468. The number of hydrogen-bond donors (Lipinski definition) is 1. The predicted octanol–water partition coefficient (Wildman–Crippen LogP) is 1.78. The van der Waals surface area contributed by atoms with Crippen LogP contribution in [0.1, 0.15) is 5.56 Å². The van der Waals surface area contributed by atoms with Crippen LogP contribution in [0.2, 0.25) is 0 Å². The van der Waals surface area contributed by atoms with Gasteiger partial charge in [0.15, 0.2) is 0 Å². The average Bonchev–Trinajstić information content (AvgIpc) is 2.32. The lowest BCUT2D eigenvalue weighted by atomic mass is 10.1. The molecule has 0 saturated carbocycles. The Morgan fingerprint density at radius 3 is 2.62 bits per heavy atom. The largest absolute Gasteiger partial charge is 0.330 e. The summed E-state index contributed by atoms with van der Waals surface area (Å²) in [7, 11) is 0. The maximum atomic E-state index is 12.8. The van der Waals surface area contributed by atoms with Crippen LogP contribution in [0, 0.1) is 5.82 Å². The van der Waals surface area contributed by atoms with E-state index in [1.807, 2.05) is 0 Å². The molecule has 1 aromatic heterocycles. The van der Waals surface area contributed by atoms with E-state index in [0.29, 0.717) is 13.0 Å². The number of hydrogen-bond acceptors (Lipinski definition) is 3. The predicted molar refractivity (Wildman–Crippen MR) is 60.2 cm³/mol. The van der Waals surface area contributed by atoms with Crippen LogP contribution in [0.5, 0.6) is 0 Å². The smallest absolute Gasteiger partial charge is 0.123 e. The molecule has 0 aliphatic carbocycles. The number of nitrogens with two attached hydrogens (primary N) is 1. The Morgan fingerprint density at radius 2 is 1.94 bits per heavy atom. The normalized spacial score (nSPS) is 10.4. The van der Waals surface area contributed by atoms with Crippen molar-refractivity contribution < 1.29 is 4.39 Å². The number of rotatable bonds is 3. The molecule has 0 aliphatic rings. The third-order valence-corrected chi connectivity index (χ3v) is 2.32. The fourth-order valence-electron chi connectivity index (χ4n) is 1.56. The van der Waals surface area contributed by atoms with Gasteiger partial charge in [-0.25, -0.2) is 14.4 Å². The highest BCUT2D eigenvalue weighted by Crippen LogP contribution is 2.20. The molecule has 0 bridgehead atoms. The van der Waals surface area contributed by atoms with Crippen LogP contribution in [0.15, 0.2) is 36.8 Å². The number of nitrogens with zero attached hydrogens (tertiary/aromatic N) is 2. The quantitative estimate of drug-likeness (QED) is 0.852. The third-order valence-electron chi connectivity index (χ3n) is 2.32. The first-order chi connectivity index (χ1) is 7.81. The second kappa shape index (κ2) is 4.81. The van der Waals surface area contributed by atoms with Crippen molar-refractivity contribution in [1.82, 2.24) is 9.97 Å². The molecule has 82 valence electrons. The van der Waals surface area contributed by atoms with Crippen LogP contribution >= 0.6 is 0 Å². The molecule has 1 heterocycles. The summed E-state index contributed by atoms with van der Waals surface area (Å²) in [6.45, 7) is 0.543. The van der Waals surface area contributed by atoms with Crippen LogP contribution in [0.25, 0.3) is 11.3 Å². The van der Waals surface area contributed by atoms with Gasteiger partial charge in [-0.1, -0.05) is 0 Å². The first-order valence-corrected chi connectivity index (χ1v) is 5.06. The van der Waals surface area contributed by atoms with Gasteiger partial charge in [0.2, 0.25) is 0 Å². The molecule has 0 radical (unpaired) electrons. The monoisotopic (exact) mass is 217 g/mol. The highest BCUT2D eigenvalue weighted by Gasteiger charge is 2.05. The van der Waals surface area contributed by atoms with E-state index in [-0.39, 0.29) is 5.82 Å². The zero-order chi connectivity index (χ0) is 11.4. The van der Waals surface area contributed by atoms with Gasteiger partial charge >= 0.3 is 0 Å². The molecular formula is C12H12FN3. The molecule has 0 saturated heterocycles. The van der Waals surface area contributed by atoms with Gasteiger partial charge in [0, 0.05) is 11.8 Å². The zero-order valence-corrected chi connectivity index (χ0v) is 8.73. The van der Waals surface area contributed by atoms with Crippen molar-refractivity contribution >= 4 is 0 Å². The van der Waals surface area contributed by atoms with E-state index in [2.05, 4.69) is 9.97 Å². The van der Waals surface area contributed by atoms with E-state index in [4.69, 9.17) is 5.73 Å². The summed E-state index contributed by atoms with van der Waals surface area (Å²) in [5.41, 5.74) is 8.20. The molecule has 2 rings (SSSR count). The molecule has 0 amide bonds. The van der Waals surface area contributed by atoms with Crippen LogP contribution in [0.4, 0.5) is 4.39 Å². The number of halogens is 1. The van der Waals surface area contributed by atoms with Gasteiger partial charge in [-0.05, 0) is 42.8 Å². The molecule has 0 fully saturated rings. The lowest BCUT2D eigenvalue weighted by Gasteiger charge is -2.06. The van der Waals surface area contributed by atoms with Crippen molar-refractivity contribution in [2.45, 2.75) is 6.42 Å². The Balaban J connectivity index is 2.42. The van der Waals surface area contributed by atoms with E-state index in [1.54, 1.807) is 18.3 Å². The molecule has 3 nitrogen and oxygen atoms in total. The van der Waals surface area contributed by atoms with Crippen molar-refractivity contribution in [3.8, 4) is 11.3 Å². The Morgan fingerprint density at radius 1 is 1.19 bits per heavy atom. The van der Waals surface area contributed by atoms with E-state index in [0.717, 1.165) is 16.8 Å². The molecule has 1 aromatic carbocycles. The average molecular weight is 217 g/mol. The second-order valence-electron chi connectivity index (χ2n) is 3.44. The standard InChI is InChI=1S/C12H12FN3/c13-11-3-1-9(2-4-11)12-10(5-6-14)7-15-8-16-12/h1-4,7-8H,5-6,14H2. The van der Waals surface area contributed by atoms with Gasteiger partial charge in [-0.3, -0.25) is 0 Å². The molecule has 4 heteroatoms. The maximum absolute atomic E-state index is 12.8. The summed E-state index contributed by atoms with van der Waals surface area (Å²) < 4.78 is 12.8. The van der Waals surface area contributed by atoms with Gasteiger partial charge in [-0.15, -0.1) is 0 Å². The molecule has 16 heavy (non-hydrogen) atoms. The van der Waals surface area contributed by atoms with Crippen LogP contribution in [-0.4, -0.2) is 16.5 Å². The van der Waals surface area contributed by atoms with Crippen molar-refractivity contribution in [3.05, 3.63) is 48.2 Å². The van der Waals surface area contributed by atoms with E-state index >= 15 is 0 Å². The topological polar surface area (TPSA) is 51.8 Å². The second-order valence-corrected chi connectivity index (χ2v) is 3.44.